The first-order valence-electron chi connectivity index (χ1n) is 24.9. The Morgan fingerprint density at radius 2 is 0.625 bits per heavy atom. The van der Waals surface area contributed by atoms with E-state index in [1.165, 1.54) is 11.1 Å². The molecule has 0 amide bonds. The molecule has 5 nitrogen and oxygen atoms in total. The molecule has 0 aliphatic heterocycles. The quantitative estimate of drug-likeness (QED) is 0.0560. The van der Waals surface area contributed by atoms with E-state index in [4.69, 9.17) is 5.73 Å². The minimum Gasteiger partial charge on any atom is -0.672 e. The summed E-state index contributed by atoms with van der Waals surface area (Å²) in [6.07, 6.45) is -3.72. The van der Waals surface area contributed by atoms with Crippen LogP contribution in [0.4, 0.5) is 87.8 Å². The molecule has 0 saturated heterocycles. The first-order valence-corrected chi connectivity index (χ1v) is 26.3. The normalized spacial score (nSPS) is 12.0. The van der Waals surface area contributed by atoms with E-state index >= 15 is 35.1 Å². The first-order chi connectivity index (χ1) is 40.9. The molecule has 1 radical (unpaired) electrons. The second kappa shape index (κ2) is 29.4. The maximum Gasteiger partial charge on any atom is 3.00 e. The Morgan fingerprint density at radius 3 is 0.886 bits per heavy atom. The Bertz CT molecular complexity index is 3640. The molecule has 1 heterocycles. The van der Waals surface area contributed by atoms with E-state index in [1.807, 2.05) is 85.8 Å². The van der Waals surface area contributed by atoms with Gasteiger partial charge in [0.2, 0.25) is 0 Å². The maximum absolute atomic E-state index is 15.4. The Balaban J connectivity index is 0.000000271. The second-order valence-electron chi connectivity index (χ2n) is 19.0. The molecule has 0 bridgehead atoms. The van der Waals surface area contributed by atoms with Crippen molar-refractivity contribution < 1.29 is 116 Å². The van der Waals surface area contributed by atoms with Crippen molar-refractivity contribution >= 4 is 38.0 Å². The Hall–Kier alpha value is -7.93. The molecule has 1 aromatic heterocycles. The molecule has 0 saturated carbocycles. The number of aromatic nitrogens is 1. The molecule has 9 rings (SSSR count). The maximum atomic E-state index is 15.4. The van der Waals surface area contributed by atoms with Crippen molar-refractivity contribution in [1.82, 2.24) is 4.98 Å². The zero-order valence-electron chi connectivity index (χ0n) is 45.1. The summed E-state index contributed by atoms with van der Waals surface area (Å²) in [7, 11) is -3.87. The number of halogens is 20. The van der Waals surface area contributed by atoms with Crippen molar-refractivity contribution in [3.8, 4) is 0 Å². The summed E-state index contributed by atoms with van der Waals surface area (Å²) in [5.41, 5.74) is -0.539. The summed E-state index contributed by atoms with van der Waals surface area (Å²) in [6, 6.07) is 37.7. The molecule has 0 fully saturated rings. The summed E-state index contributed by atoms with van der Waals surface area (Å²) in [4.78, 5) is 3.93. The molecule has 88 heavy (non-hydrogen) atoms. The molecule has 28 heteroatoms. The van der Waals surface area contributed by atoms with E-state index in [0.29, 0.717) is 11.5 Å². The van der Waals surface area contributed by atoms with Gasteiger partial charge in [-0.05, 0) is 49.6 Å². The molecule has 0 aliphatic rings. The summed E-state index contributed by atoms with van der Waals surface area (Å²) in [5.74, 6) is -70.8. The van der Waals surface area contributed by atoms with Crippen LogP contribution in [0.2, 0.25) is 0 Å². The number of aryl methyl sites for hydroxylation is 2. The van der Waals surface area contributed by atoms with Crippen LogP contribution in [0, 0.1) is 130 Å². The predicted molar refractivity (Wildman–Crippen MR) is 283 cm³/mol. The molecule has 1 N–H and O–H groups in total. The molecular weight excluding hydrogens is 1320 g/mol. The van der Waals surface area contributed by atoms with Crippen molar-refractivity contribution in [2.75, 3.05) is 0 Å². The number of rotatable bonds is 11. The van der Waals surface area contributed by atoms with Gasteiger partial charge in [-0.1, -0.05) is 139 Å². The van der Waals surface area contributed by atoms with Crippen LogP contribution >= 0.6 is 0 Å². The fourth-order valence-corrected chi connectivity index (χ4v) is 10.0. The third-order valence-corrected chi connectivity index (χ3v) is 14.6. The van der Waals surface area contributed by atoms with Gasteiger partial charge in [-0.2, -0.15) is 0 Å². The van der Waals surface area contributed by atoms with Crippen LogP contribution < -0.4 is 21.9 Å². The second-order valence-corrected chi connectivity index (χ2v) is 20.7. The number of benzene rings is 8. The zero-order chi connectivity index (χ0) is 64.7. The SMILES string of the molecule is Cc1ccc(C(C)C)cc1.Cc1ccc(S(=O)(=O)[N-]C(c2ccccc2)C([NH-])c2ccccc2)cc1.Fc1c(F)c(F)c([B-](c2c(F)c(F)c(F)c(F)c2F)(c2c(F)c(F)c(F)c(F)c2F)c2c(F)c(F)c(F)c(F)c2F)c(F)c1F.[Ru+3].c1ccncc1. The van der Waals surface area contributed by atoms with Crippen molar-refractivity contribution in [3.05, 3.63) is 294 Å². The largest absolute Gasteiger partial charge is 3.00 e. The van der Waals surface area contributed by atoms with Crippen molar-refractivity contribution in [2.45, 2.75) is 50.6 Å². The van der Waals surface area contributed by atoms with Crippen molar-refractivity contribution in [3.63, 3.8) is 0 Å². The van der Waals surface area contributed by atoms with Gasteiger partial charge in [0, 0.05) is 17.3 Å². The number of nitrogens with zero attached hydrogens (tertiary/aromatic N) is 2. The van der Waals surface area contributed by atoms with Gasteiger partial charge in [-0.3, -0.25) is 4.98 Å². The van der Waals surface area contributed by atoms with E-state index in [2.05, 4.69) is 54.7 Å². The summed E-state index contributed by atoms with van der Waals surface area (Å²) >= 11 is 0. The van der Waals surface area contributed by atoms with Crippen LogP contribution in [0.25, 0.3) is 10.5 Å². The van der Waals surface area contributed by atoms with Gasteiger partial charge in [-0.15, -0.1) is 33.9 Å². The van der Waals surface area contributed by atoms with Gasteiger partial charge >= 0.3 is 19.5 Å². The van der Waals surface area contributed by atoms with Gasteiger partial charge in [0.15, 0.2) is 69.8 Å². The van der Waals surface area contributed by atoms with Crippen LogP contribution in [0.5, 0.6) is 0 Å². The molecule has 463 valence electrons. The van der Waals surface area contributed by atoms with Gasteiger partial charge in [-0.25, -0.2) is 96.2 Å². The van der Waals surface area contributed by atoms with E-state index < -0.39 is 166 Å². The number of pyridine rings is 1. The zero-order valence-corrected chi connectivity index (χ0v) is 47.7. The number of hydrogen-bond donors (Lipinski definition) is 0. The van der Waals surface area contributed by atoms with Crippen LogP contribution in [0.15, 0.2) is 145 Å². The monoisotopic (exact) mass is 1360 g/mol. The summed E-state index contributed by atoms with van der Waals surface area (Å²) in [6.45, 7) is 8.44. The molecule has 8 aromatic carbocycles. The molecule has 2 atom stereocenters. The van der Waals surface area contributed by atoms with Crippen molar-refractivity contribution in [1.29, 1.82) is 0 Å². The number of sulfonamides is 1. The fourth-order valence-electron chi connectivity index (χ4n) is 8.87. The molecule has 2 unspecified atom stereocenters. The number of nitrogens with one attached hydrogen (secondary N) is 1. The van der Waals surface area contributed by atoms with E-state index in [0.717, 1.165) is 11.1 Å². The summed E-state index contributed by atoms with van der Waals surface area (Å²) in [5, 5.41) is 0. The van der Waals surface area contributed by atoms with E-state index in [9.17, 15) is 61.1 Å². The van der Waals surface area contributed by atoms with Crippen molar-refractivity contribution in [2.24, 2.45) is 0 Å². The van der Waals surface area contributed by atoms with E-state index in [-0.39, 0.29) is 24.4 Å². The molecule has 0 aliphatic carbocycles. The minimum atomic E-state index is -7.22. The topological polar surface area (TPSA) is 84.9 Å². The van der Waals surface area contributed by atoms with Gasteiger partial charge in [0.1, 0.15) is 62.7 Å². The minimum absolute atomic E-state index is 0. The Kier molecular flexibility index (Phi) is 23.6. The molecule has 0 spiro atoms. The third-order valence-electron chi connectivity index (χ3n) is 13.2. The average Bonchev–Trinajstić information content (AvgIpc) is 0.717. The van der Waals surface area contributed by atoms with Crippen LogP contribution in [0.3, 0.4) is 0 Å². The molecule has 9 aromatic rings. The molecular formula is C60H39BF20N3O2RuS. The van der Waals surface area contributed by atoms with E-state index in [1.54, 1.807) is 36.7 Å². The average molecular weight is 1360 g/mol. The van der Waals surface area contributed by atoms with Crippen LogP contribution in [-0.2, 0) is 29.5 Å². The first kappa shape index (κ1) is 70.8. The predicted octanol–water partition coefficient (Wildman–Crippen LogP) is 15.6. The Labute approximate surface area is 501 Å². The van der Waals surface area contributed by atoms with Gasteiger partial charge < -0.3 is 10.5 Å². The third kappa shape index (κ3) is 14.1. The fraction of sp³-hybridized carbons (Fsp3) is 0.117. The van der Waals surface area contributed by atoms with Gasteiger partial charge in [0.05, 0.1) is 0 Å². The van der Waals surface area contributed by atoms with Gasteiger partial charge in [0.25, 0.3) is 0 Å². The number of hydrogen-bond acceptors (Lipinski definition) is 3. The smallest absolute Gasteiger partial charge is 0.672 e. The Morgan fingerprint density at radius 1 is 0.364 bits per heavy atom. The standard InChI is InChI=1S/C24BF20.C21H20N2O2S.C10H14.C5H5N.Ru/c26-5-1(6(27)14(35)21(42)13(5)34)25(2-7(28)15(36)22(43)16(37)8(2)29,3-9(30)17(38)23(44)18(39)10(3)31)4-11(32)19(40)24(45)20(41)12(4)33;1-16-12-14-19(15-13-16)26(24,25)23-21(18-10-6-3-7-11-18)20(22)17-8-4-2-5-9-17;1-8(2)10-6-4-9(3)5-7-10;1-2-4-6-5-3-1;/h;2-15,20-22H,1H3;4-8H,1-3H3;1-5H;/q-1;-2;;;+3. The summed E-state index contributed by atoms with van der Waals surface area (Å²) < 4.78 is 324. The van der Waals surface area contributed by atoms with Crippen LogP contribution in [0.1, 0.15) is 59.7 Å². The van der Waals surface area contributed by atoms with Crippen LogP contribution in [-0.4, -0.2) is 19.5 Å².